The maximum atomic E-state index is 10.7. The third-order valence-electron chi connectivity index (χ3n) is 1.52. The van der Waals surface area contributed by atoms with E-state index in [1.807, 2.05) is 38.0 Å². The fourth-order valence-corrected chi connectivity index (χ4v) is 1.10. The van der Waals surface area contributed by atoms with E-state index in [-0.39, 0.29) is 5.92 Å². The monoisotopic (exact) mass is 174 g/mol. The zero-order chi connectivity index (χ0) is 9.72. The molecule has 0 saturated heterocycles. The number of nitrogens with zero attached hydrogens (tertiary/aromatic N) is 2. The summed E-state index contributed by atoms with van der Waals surface area (Å²) in [6, 6.07) is 0. The van der Waals surface area contributed by atoms with Gasteiger partial charge in [0.15, 0.2) is 0 Å². The lowest BCUT2D eigenvalue weighted by Gasteiger charge is -2.20. The average Bonchev–Trinajstić information content (AvgIpc) is 1.83. The third-order valence-corrected chi connectivity index (χ3v) is 1.52. The second kappa shape index (κ2) is 5.11. The summed E-state index contributed by atoms with van der Waals surface area (Å²) >= 11 is 0. The van der Waals surface area contributed by atoms with Gasteiger partial charge in [-0.25, -0.2) is 0 Å². The molecule has 0 aromatic rings. The molecule has 0 heterocycles. The van der Waals surface area contributed by atoms with E-state index >= 15 is 0 Å². The molecular formula is C8H18N2O2. The predicted octanol–water partition coefficient (Wildman–Crippen LogP) is -0.190. The highest BCUT2D eigenvalue weighted by Crippen LogP contribution is 1.99. The molecule has 0 aromatic carbocycles. The molecule has 0 amide bonds. The standard InChI is InChI=1S/C8H18N2O2/c1-9(2)5-7(8(11)12)6-10(3)4/h7H,5-6H2,1-4H3,(H,11,12). The highest BCUT2D eigenvalue weighted by Gasteiger charge is 2.18. The number of carboxylic acid groups (broad SMARTS) is 1. The number of carboxylic acids is 1. The first-order valence-electron chi connectivity index (χ1n) is 3.95. The fourth-order valence-electron chi connectivity index (χ4n) is 1.10. The lowest BCUT2D eigenvalue weighted by Crippen LogP contribution is -2.35. The van der Waals surface area contributed by atoms with Gasteiger partial charge in [-0.3, -0.25) is 4.79 Å². The Hall–Kier alpha value is -0.610. The van der Waals surface area contributed by atoms with Crippen LogP contribution in [-0.2, 0) is 4.79 Å². The Morgan fingerprint density at radius 1 is 1.17 bits per heavy atom. The van der Waals surface area contributed by atoms with Gasteiger partial charge in [-0.2, -0.15) is 0 Å². The summed E-state index contributed by atoms with van der Waals surface area (Å²) < 4.78 is 0. The van der Waals surface area contributed by atoms with E-state index in [4.69, 9.17) is 5.11 Å². The van der Waals surface area contributed by atoms with Crippen molar-refractivity contribution in [3.63, 3.8) is 0 Å². The Morgan fingerprint density at radius 2 is 1.50 bits per heavy atom. The van der Waals surface area contributed by atoms with Gasteiger partial charge in [0.1, 0.15) is 0 Å². The second-order valence-electron chi connectivity index (χ2n) is 3.56. The molecule has 4 heteroatoms. The number of hydrogen-bond acceptors (Lipinski definition) is 3. The summed E-state index contributed by atoms with van der Waals surface area (Å²) in [6.45, 7) is 1.18. The first-order chi connectivity index (χ1) is 5.43. The second-order valence-corrected chi connectivity index (χ2v) is 3.56. The number of aliphatic carboxylic acids is 1. The Kier molecular flexibility index (Phi) is 4.85. The van der Waals surface area contributed by atoms with Crippen molar-refractivity contribution >= 4 is 5.97 Å². The van der Waals surface area contributed by atoms with E-state index < -0.39 is 5.97 Å². The molecular weight excluding hydrogens is 156 g/mol. The van der Waals surface area contributed by atoms with Gasteiger partial charge in [-0.05, 0) is 28.2 Å². The van der Waals surface area contributed by atoms with Crippen molar-refractivity contribution in [1.29, 1.82) is 0 Å². The Balaban J connectivity index is 3.96. The van der Waals surface area contributed by atoms with Crippen LogP contribution in [-0.4, -0.2) is 62.2 Å². The molecule has 0 bridgehead atoms. The first-order valence-corrected chi connectivity index (χ1v) is 3.95. The predicted molar refractivity (Wildman–Crippen MR) is 48.2 cm³/mol. The van der Waals surface area contributed by atoms with Crippen molar-refractivity contribution in [3.05, 3.63) is 0 Å². The van der Waals surface area contributed by atoms with Crippen molar-refractivity contribution in [2.24, 2.45) is 5.92 Å². The molecule has 0 rings (SSSR count). The minimum atomic E-state index is -0.725. The normalized spacial score (nSPS) is 11.6. The van der Waals surface area contributed by atoms with Crippen molar-refractivity contribution in [3.8, 4) is 0 Å². The maximum absolute atomic E-state index is 10.7. The van der Waals surface area contributed by atoms with Gasteiger partial charge < -0.3 is 14.9 Å². The molecule has 0 unspecified atom stereocenters. The minimum absolute atomic E-state index is 0.296. The Morgan fingerprint density at radius 3 is 1.67 bits per heavy atom. The molecule has 0 aromatic heterocycles. The van der Waals surface area contributed by atoms with Crippen molar-refractivity contribution in [2.75, 3.05) is 41.3 Å². The Bertz CT molecular complexity index is 136. The SMILES string of the molecule is CN(C)CC(CN(C)C)C(=O)O. The van der Waals surface area contributed by atoms with Crippen molar-refractivity contribution in [2.45, 2.75) is 0 Å². The lowest BCUT2D eigenvalue weighted by atomic mass is 10.1. The van der Waals surface area contributed by atoms with E-state index in [0.29, 0.717) is 13.1 Å². The van der Waals surface area contributed by atoms with Crippen LogP contribution < -0.4 is 0 Å². The van der Waals surface area contributed by atoms with Crippen LogP contribution in [0.3, 0.4) is 0 Å². The molecule has 12 heavy (non-hydrogen) atoms. The molecule has 0 aliphatic rings. The van der Waals surface area contributed by atoms with Crippen LogP contribution >= 0.6 is 0 Å². The fraction of sp³-hybridized carbons (Fsp3) is 0.875. The highest BCUT2D eigenvalue weighted by atomic mass is 16.4. The smallest absolute Gasteiger partial charge is 0.309 e. The summed E-state index contributed by atoms with van der Waals surface area (Å²) in [6.07, 6.45) is 0. The van der Waals surface area contributed by atoms with Crippen LogP contribution in [0.1, 0.15) is 0 Å². The van der Waals surface area contributed by atoms with Crippen LogP contribution in [0, 0.1) is 5.92 Å². The number of hydrogen-bond donors (Lipinski definition) is 1. The van der Waals surface area contributed by atoms with Crippen LogP contribution in [0.4, 0.5) is 0 Å². The van der Waals surface area contributed by atoms with E-state index in [9.17, 15) is 4.79 Å². The van der Waals surface area contributed by atoms with Gasteiger partial charge in [0.25, 0.3) is 0 Å². The minimum Gasteiger partial charge on any atom is -0.481 e. The Labute approximate surface area is 73.8 Å². The van der Waals surface area contributed by atoms with Crippen molar-refractivity contribution in [1.82, 2.24) is 9.80 Å². The van der Waals surface area contributed by atoms with Gasteiger partial charge >= 0.3 is 5.97 Å². The van der Waals surface area contributed by atoms with E-state index in [2.05, 4.69) is 0 Å². The van der Waals surface area contributed by atoms with Crippen LogP contribution in [0.5, 0.6) is 0 Å². The third kappa shape index (κ3) is 5.09. The number of rotatable bonds is 5. The summed E-state index contributed by atoms with van der Waals surface area (Å²) in [5.74, 6) is -1.02. The molecule has 72 valence electrons. The van der Waals surface area contributed by atoms with Crippen LogP contribution in [0.25, 0.3) is 0 Å². The molecule has 0 aliphatic carbocycles. The molecule has 1 N–H and O–H groups in total. The molecule has 0 saturated carbocycles. The van der Waals surface area contributed by atoms with Crippen molar-refractivity contribution < 1.29 is 9.90 Å². The average molecular weight is 174 g/mol. The van der Waals surface area contributed by atoms with Gasteiger partial charge in [-0.15, -0.1) is 0 Å². The maximum Gasteiger partial charge on any atom is 0.309 e. The van der Waals surface area contributed by atoms with E-state index in [1.54, 1.807) is 0 Å². The molecule has 0 radical (unpaired) electrons. The quantitative estimate of drug-likeness (QED) is 0.627. The topological polar surface area (TPSA) is 43.8 Å². The van der Waals surface area contributed by atoms with E-state index in [1.165, 1.54) is 0 Å². The zero-order valence-corrected chi connectivity index (χ0v) is 8.24. The van der Waals surface area contributed by atoms with Gasteiger partial charge in [0, 0.05) is 13.1 Å². The summed E-state index contributed by atoms with van der Waals surface area (Å²) in [7, 11) is 7.52. The summed E-state index contributed by atoms with van der Waals surface area (Å²) in [5.41, 5.74) is 0. The van der Waals surface area contributed by atoms with Crippen LogP contribution in [0.15, 0.2) is 0 Å². The largest absolute Gasteiger partial charge is 0.481 e. The first kappa shape index (κ1) is 11.4. The number of carbonyl (C=O) groups is 1. The molecule has 4 nitrogen and oxygen atoms in total. The van der Waals surface area contributed by atoms with E-state index in [0.717, 1.165) is 0 Å². The summed E-state index contributed by atoms with van der Waals surface area (Å²) in [5, 5.41) is 8.82. The lowest BCUT2D eigenvalue weighted by molar-refractivity contribution is -0.142. The molecule has 0 atom stereocenters. The van der Waals surface area contributed by atoms with Gasteiger partial charge in [-0.1, -0.05) is 0 Å². The molecule has 0 spiro atoms. The summed E-state index contributed by atoms with van der Waals surface area (Å²) in [4.78, 5) is 14.5. The van der Waals surface area contributed by atoms with Gasteiger partial charge in [0.05, 0.1) is 5.92 Å². The zero-order valence-electron chi connectivity index (χ0n) is 8.24. The highest BCUT2D eigenvalue weighted by molar-refractivity contribution is 5.70. The van der Waals surface area contributed by atoms with Crippen LogP contribution in [0.2, 0.25) is 0 Å². The van der Waals surface area contributed by atoms with Gasteiger partial charge in [0.2, 0.25) is 0 Å². The molecule has 0 fully saturated rings. The molecule has 0 aliphatic heterocycles.